The van der Waals surface area contributed by atoms with Crippen LogP contribution < -0.4 is 0 Å². The van der Waals surface area contributed by atoms with E-state index in [0.29, 0.717) is 11.8 Å². The Hall–Kier alpha value is -0.180. The van der Waals surface area contributed by atoms with Crippen molar-refractivity contribution in [3.05, 3.63) is 0 Å². The van der Waals surface area contributed by atoms with Gasteiger partial charge >= 0.3 is 0 Å². The Morgan fingerprint density at radius 2 is 1.25 bits per heavy atom. The minimum Gasteiger partial charge on any atom is -0.270 e. The quantitative estimate of drug-likeness (QED) is 0.628. The fourth-order valence-electron chi connectivity index (χ4n) is 2.66. The lowest BCUT2D eigenvalue weighted by molar-refractivity contribution is 0.188. The normalized spacial score (nSPS) is 24.7. The van der Waals surface area contributed by atoms with Crippen LogP contribution in [-0.4, -0.2) is 42.6 Å². The summed E-state index contributed by atoms with van der Waals surface area (Å²) in [7, 11) is -6.71. The molecule has 0 saturated heterocycles. The molecule has 0 spiro atoms. The number of hydrogen-bond donors (Lipinski definition) is 0. The molecule has 0 aliphatic heterocycles. The molecule has 0 aromatic carbocycles. The second-order valence-electron chi connectivity index (χ2n) is 5.53. The zero-order valence-corrected chi connectivity index (χ0v) is 13.7. The first-order valence-corrected chi connectivity index (χ1v) is 10.5. The van der Waals surface area contributed by atoms with Gasteiger partial charge in [0, 0.05) is 0 Å². The molecule has 0 heterocycles. The molecule has 0 aromatic rings. The van der Waals surface area contributed by atoms with Gasteiger partial charge in [0.25, 0.3) is 20.2 Å². The van der Waals surface area contributed by atoms with Crippen LogP contribution in [0, 0.1) is 11.8 Å². The van der Waals surface area contributed by atoms with E-state index in [1.165, 1.54) is 0 Å². The van der Waals surface area contributed by atoms with Crippen molar-refractivity contribution in [2.75, 3.05) is 25.7 Å². The van der Waals surface area contributed by atoms with Crippen molar-refractivity contribution in [3.8, 4) is 0 Å². The Labute approximate surface area is 122 Å². The molecule has 1 fully saturated rings. The van der Waals surface area contributed by atoms with Crippen LogP contribution in [-0.2, 0) is 28.6 Å². The number of hydrogen-bond acceptors (Lipinski definition) is 6. The smallest absolute Gasteiger partial charge is 0.264 e. The molecule has 0 N–H and O–H groups in total. The minimum atomic E-state index is -3.36. The van der Waals surface area contributed by atoms with Crippen LogP contribution in [0.1, 0.15) is 38.5 Å². The second-order valence-corrected chi connectivity index (χ2v) is 8.82. The highest BCUT2D eigenvalue weighted by molar-refractivity contribution is 7.86. The van der Waals surface area contributed by atoms with Gasteiger partial charge < -0.3 is 0 Å². The lowest BCUT2D eigenvalue weighted by Gasteiger charge is -2.28. The van der Waals surface area contributed by atoms with Crippen LogP contribution in [0.3, 0.4) is 0 Å². The molecule has 1 rings (SSSR count). The van der Waals surface area contributed by atoms with Crippen LogP contribution in [0.4, 0.5) is 0 Å². The predicted molar refractivity (Wildman–Crippen MR) is 76.3 cm³/mol. The molecule has 8 heteroatoms. The summed E-state index contributed by atoms with van der Waals surface area (Å²) in [6.45, 7) is 0.464. The van der Waals surface area contributed by atoms with E-state index in [1.807, 2.05) is 0 Å². The fourth-order valence-corrected chi connectivity index (χ4v) is 3.46. The van der Waals surface area contributed by atoms with Gasteiger partial charge in [-0.25, -0.2) is 0 Å². The zero-order chi connectivity index (χ0) is 15.2. The average Bonchev–Trinajstić information content (AvgIpc) is 2.26. The summed E-state index contributed by atoms with van der Waals surface area (Å²) in [6.07, 6.45) is 7.81. The molecule has 1 saturated carbocycles. The first-order valence-electron chi connectivity index (χ1n) is 6.84. The zero-order valence-electron chi connectivity index (χ0n) is 12.1. The maximum Gasteiger partial charge on any atom is 0.264 e. The maximum absolute atomic E-state index is 10.9. The van der Waals surface area contributed by atoms with Crippen LogP contribution in [0.2, 0.25) is 0 Å². The van der Waals surface area contributed by atoms with E-state index in [2.05, 4.69) is 0 Å². The molecular formula is C12H24O6S2. The highest BCUT2D eigenvalue weighted by Crippen LogP contribution is 2.33. The van der Waals surface area contributed by atoms with E-state index in [0.717, 1.165) is 51.0 Å². The van der Waals surface area contributed by atoms with E-state index in [1.54, 1.807) is 0 Å². The SMILES string of the molecule is CS(=O)(=O)OCC[C@H]1CCC[C@H](CCOS(C)(=O)=O)C1. The van der Waals surface area contributed by atoms with Gasteiger partial charge in [-0.1, -0.05) is 19.3 Å². The maximum atomic E-state index is 10.9. The van der Waals surface area contributed by atoms with Crippen LogP contribution in [0.25, 0.3) is 0 Å². The van der Waals surface area contributed by atoms with Crippen molar-refractivity contribution in [2.45, 2.75) is 38.5 Å². The predicted octanol–water partition coefficient (Wildman–Crippen LogP) is 1.53. The minimum absolute atomic E-state index is 0.232. The molecule has 120 valence electrons. The molecule has 2 atom stereocenters. The van der Waals surface area contributed by atoms with Gasteiger partial charge in [0.2, 0.25) is 0 Å². The monoisotopic (exact) mass is 328 g/mol. The molecule has 0 amide bonds. The van der Waals surface area contributed by atoms with E-state index in [4.69, 9.17) is 8.37 Å². The van der Waals surface area contributed by atoms with Crippen molar-refractivity contribution in [1.29, 1.82) is 0 Å². The van der Waals surface area contributed by atoms with Crippen molar-refractivity contribution in [3.63, 3.8) is 0 Å². The fraction of sp³-hybridized carbons (Fsp3) is 1.00. The third-order valence-electron chi connectivity index (χ3n) is 3.54. The van der Waals surface area contributed by atoms with E-state index in [-0.39, 0.29) is 13.2 Å². The van der Waals surface area contributed by atoms with Crippen molar-refractivity contribution in [2.24, 2.45) is 11.8 Å². The molecule has 0 bridgehead atoms. The second kappa shape index (κ2) is 7.72. The standard InChI is InChI=1S/C12H24O6S2/c1-19(13,14)17-8-6-11-4-3-5-12(10-11)7-9-18-20(2,15)16/h11-12H,3-10H2,1-2H3/t11-,12-/m1/s1. The Morgan fingerprint density at radius 3 is 1.60 bits per heavy atom. The summed E-state index contributed by atoms with van der Waals surface area (Å²) in [5.41, 5.74) is 0. The molecule has 20 heavy (non-hydrogen) atoms. The third-order valence-corrected chi connectivity index (χ3v) is 4.73. The lowest BCUT2D eigenvalue weighted by Crippen LogP contribution is -2.19. The van der Waals surface area contributed by atoms with E-state index >= 15 is 0 Å². The van der Waals surface area contributed by atoms with Crippen molar-refractivity contribution >= 4 is 20.2 Å². The molecule has 1 aliphatic carbocycles. The van der Waals surface area contributed by atoms with Crippen molar-refractivity contribution in [1.82, 2.24) is 0 Å². The Morgan fingerprint density at radius 1 is 0.850 bits per heavy atom. The van der Waals surface area contributed by atoms with Gasteiger partial charge in [-0.15, -0.1) is 0 Å². The molecular weight excluding hydrogens is 304 g/mol. The summed E-state index contributed by atoms with van der Waals surface area (Å²) >= 11 is 0. The topological polar surface area (TPSA) is 86.7 Å². The largest absolute Gasteiger partial charge is 0.270 e. The summed E-state index contributed by atoms with van der Waals surface area (Å²) in [6, 6.07) is 0. The van der Waals surface area contributed by atoms with Crippen LogP contribution >= 0.6 is 0 Å². The average molecular weight is 328 g/mol. The highest BCUT2D eigenvalue weighted by atomic mass is 32.2. The van der Waals surface area contributed by atoms with Gasteiger partial charge in [-0.05, 0) is 31.1 Å². The summed E-state index contributed by atoms with van der Waals surface area (Å²) in [4.78, 5) is 0. The molecule has 1 aliphatic rings. The Balaban J connectivity index is 2.25. The molecule has 0 unspecified atom stereocenters. The summed E-state index contributed by atoms with van der Waals surface area (Å²) in [5.74, 6) is 0.905. The number of rotatable bonds is 8. The first-order chi connectivity index (χ1) is 9.16. The molecule has 6 nitrogen and oxygen atoms in total. The van der Waals surface area contributed by atoms with Gasteiger partial charge in [0.05, 0.1) is 25.7 Å². The van der Waals surface area contributed by atoms with Gasteiger partial charge in [0.1, 0.15) is 0 Å². The van der Waals surface area contributed by atoms with Gasteiger partial charge in [0.15, 0.2) is 0 Å². The van der Waals surface area contributed by atoms with Gasteiger partial charge in [-0.2, -0.15) is 16.8 Å². The van der Waals surface area contributed by atoms with E-state index in [9.17, 15) is 16.8 Å². The van der Waals surface area contributed by atoms with Gasteiger partial charge in [-0.3, -0.25) is 8.37 Å². The van der Waals surface area contributed by atoms with Crippen LogP contribution in [0.15, 0.2) is 0 Å². The summed E-state index contributed by atoms with van der Waals surface area (Å²) in [5, 5.41) is 0. The third kappa shape index (κ3) is 8.89. The Bertz CT molecular complexity index is 438. The Kier molecular flexibility index (Phi) is 6.90. The molecule has 0 aromatic heterocycles. The highest BCUT2D eigenvalue weighted by Gasteiger charge is 2.22. The first kappa shape index (κ1) is 17.9. The van der Waals surface area contributed by atoms with E-state index < -0.39 is 20.2 Å². The van der Waals surface area contributed by atoms with Crippen LogP contribution in [0.5, 0.6) is 0 Å². The summed E-state index contributed by atoms with van der Waals surface area (Å²) < 4.78 is 53.0. The van der Waals surface area contributed by atoms with Crippen molar-refractivity contribution < 1.29 is 25.2 Å². The lowest BCUT2D eigenvalue weighted by atomic mass is 9.79. The molecule has 0 radical (unpaired) electrons.